The van der Waals surface area contributed by atoms with E-state index in [1.807, 2.05) is 51.4 Å². The molecular formula is C26H31N3O2S. The number of thiocarbonyl (C=S) groups is 1. The smallest absolute Gasteiger partial charge is 0.174 e. The van der Waals surface area contributed by atoms with Gasteiger partial charge in [0.25, 0.3) is 0 Å². The van der Waals surface area contributed by atoms with E-state index in [1.54, 1.807) is 14.2 Å². The van der Waals surface area contributed by atoms with Crippen molar-refractivity contribution in [3.63, 3.8) is 0 Å². The number of nitrogens with zero attached hydrogens (tertiary/aromatic N) is 2. The molecule has 0 heterocycles. The first-order valence-corrected chi connectivity index (χ1v) is 10.9. The Morgan fingerprint density at radius 1 is 0.844 bits per heavy atom. The Morgan fingerprint density at radius 2 is 1.44 bits per heavy atom. The molecule has 0 aromatic heterocycles. The van der Waals surface area contributed by atoms with Gasteiger partial charge in [-0.15, -0.1) is 0 Å². The van der Waals surface area contributed by atoms with Gasteiger partial charge < -0.3 is 24.6 Å². The maximum absolute atomic E-state index is 5.84. The fraction of sp³-hybridized carbons (Fsp3) is 0.269. The van der Waals surface area contributed by atoms with E-state index in [0.29, 0.717) is 18.2 Å². The van der Waals surface area contributed by atoms with Gasteiger partial charge in [0.05, 0.1) is 19.9 Å². The highest BCUT2D eigenvalue weighted by Crippen LogP contribution is 2.26. The van der Waals surface area contributed by atoms with Crippen molar-refractivity contribution in [1.29, 1.82) is 0 Å². The number of nitrogens with one attached hydrogen (secondary N) is 1. The standard InChI is InChI=1S/C26H31N3O2S/c1-19-6-15-24(25(16-19)31-5)27-26(32)29(18-21-9-13-23(30-4)14-10-21)17-20-7-11-22(12-8-20)28(2)3/h6-16H,17-18H2,1-5H3,(H,27,32). The van der Waals surface area contributed by atoms with Crippen LogP contribution in [0.2, 0.25) is 0 Å². The van der Waals surface area contributed by atoms with Crippen molar-refractivity contribution in [3.8, 4) is 11.5 Å². The normalized spacial score (nSPS) is 10.4. The molecule has 5 nitrogen and oxygen atoms in total. The van der Waals surface area contributed by atoms with Gasteiger partial charge in [0, 0.05) is 32.9 Å². The third-order valence-electron chi connectivity index (χ3n) is 5.24. The summed E-state index contributed by atoms with van der Waals surface area (Å²) in [5.74, 6) is 1.61. The van der Waals surface area contributed by atoms with Crippen molar-refractivity contribution >= 4 is 28.7 Å². The summed E-state index contributed by atoms with van der Waals surface area (Å²) >= 11 is 5.84. The number of aryl methyl sites for hydroxylation is 1. The third kappa shape index (κ3) is 6.14. The predicted octanol–water partition coefficient (Wildman–Crippen LogP) is 5.48. The SMILES string of the molecule is COc1ccc(CN(Cc2ccc(N(C)C)cc2)C(=S)Nc2ccc(C)cc2OC)cc1. The molecule has 0 aliphatic heterocycles. The molecule has 6 heteroatoms. The van der Waals surface area contributed by atoms with E-state index in [2.05, 4.69) is 51.5 Å². The molecule has 0 saturated carbocycles. The van der Waals surface area contributed by atoms with Crippen LogP contribution in [0.3, 0.4) is 0 Å². The van der Waals surface area contributed by atoms with Crippen LogP contribution in [0.1, 0.15) is 16.7 Å². The lowest BCUT2D eigenvalue weighted by atomic mass is 10.1. The van der Waals surface area contributed by atoms with E-state index in [4.69, 9.17) is 21.7 Å². The number of methoxy groups -OCH3 is 2. The summed E-state index contributed by atoms with van der Waals surface area (Å²) in [6.07, 6.45) is 0. The third-order valence-corrected chi connectivity index (χ3v) is 5.60. The molecule has 0 unspecified atom stereocenters. The van der Waals surface area contributed by atoms with Crippen molar-refractivity contribution in [2.24, 2.45) is 0 Å². The number of rotatable bonds is 8. The maximum Gasteiger partial charge on any atom is 0.174 e. The van der Waals surface area contributed by atoms with Crippen LogP contribution in [-0.2, 0) is 13.1 Å². The minimum Gasteiger partial charge on any atom is -0.497 e. The van der Waals surface area contributed by atoms with Gasteiger partial charge in [0.2, 0.25) is 0 Å². The average Bonchev–Trinajstić information content (AvgIpc) is 2.80. The topological polar surface area (TPSA) is 37.0 Å². The number of benzene rings is 3. The Balaban J connectivity index is 1.83. The van der Waals surface area contributed by atoms with Crippen LogP contribution in [0.25, 0.3) is 0 Å². The maximum atomic E-state index is 5.84. The highest BCUT2D eigenvalue weighted by atomic mass is 32.1. The summed E-state index contributed by atoms with van der Waals surface area (Å²) in [6.45, 7) is 3.39. The lowest BCUT2D eigenvalue weighted by Gasteiger charge is -2.27. The monoisotopic (exact) mass is 449 g/mol. The number of hydrogen-bond donors (Lipinski definition) is 1. The molecule has 0 atom stereocenters. The Hall–Kier alpha value is -3.25. The molecule has 0 radical (unpaired) electrons. The molecule has 0 fully saturated rings. The highest BCUT2D eigenvalue weighted by molar-refractivity contribution is 7.80. The van der Waals surface area contributed by atoms with Crippen molar-refractivity contribution in [2.75, 3.05) is 38.5 Å². The summed E-state index contributed by atoms with van der Waals surface area (Å²) in [4.78, 5) is 4.25. The number of hydrogen-bond acceptors (Lipinski definition) is 4. The van der Waals surface area contributed by atoms with Gasteiger partial charge in [-0.2, -0.15) is 0 Å². The van der Waals surface area contributed by atoms with Crippen LogP contribution >= 0.6 is 12.2 Å². The van der Waals surface area contributed by atoms with Crippen LogP contribution in [0.15, 0.2) is 66.7 Å². The molecule has 0 bridgehead atoms. The van der Waals surface area contributed by atoms with Crippen LogP contribution in [0, 0.1) is 6.92 Å². The van der Waals surface area contributed by atoms with Gasteiger partial charge in [0.1, 0.15) is 11.5 Å². The Kier molecular flexibility index (Phi) is 7.95. The molecule has 1 N–H and O–H groups in total. The van der Waals surface area contributed by atoms with Crippen LogP contribution < -0.4 is 19.7 Å². The summed E-state index contributed by atoms with van der Waals surface area (Å²) in [5, 5.41) is 4.02. The first kappa shape index (κ1) is 23.4. The minimum absolute atomic E-state index is 0.639. The Bertz CT molecular complexity index is 1030. The summed E-state index contributed by atoms with van der Waals surface area (Å²) in [5.41, 5.74) is 5.49. The lowest BCUT2D eigenvalue weighted by molar-refractivity contribution is 0.405. The van der Waals surface area contributed by atoms with E-state index in [1.165, 1.54) is 11.3 Å². The minimum atomic E-state index is 0.639. The molecule has 3 rings (SSSR count). The molecule has 168 valence electrons. The van der Waals surface area contributed by atoms with Crippen molar-refractivity contribution in [1.82, 2.24) is 4.90 Å². The summed E-state index contributed by atoms with van der Waals surface area (Å²) in [7, 11) is 7.43. The van der Waals surface area contributed by atoms with E-state index >= 15 is 0 Å². The van der Waals surface area contributed by atoms with Gasteiger partial charge >= 0.3 is 0 Å². The second kappa shape index (κ2) is 10.9. The van der Waals surface area contributed by atoms with Crippen LogP contribution in [0.4, 0.5) is 11.4 Å². The highest BCUT2D eigenvalue weighted by Gasteiger charge is 2.14. The van der Waals surface area contributed by atoms with E-state index in [9.17, 15) is 0 Å². The molecule has 0 saturated heterocycles. The molecule has 3 aromatic carbocycles. The molecule has 0 aliphatic carbocycles. The van der Waals surface area contributed by atoms with Gasteiger partial charge in [-0.05, 0) is 72.2 Å². The number of anilines is 2. The quantitative estimate of drug-likeness (QED) is 0.459. The first-order valence-electron chi connectivity index (χ1n) is 10.5. The Labute approximate surface area is 196 Å². The van der Waals surface area contributed by atoms with Crippen LogP contribution in [-0.4, -0.2) is 38.3 Å². The molecule has 0 spiro atoms. The average molecular weight is 450 g/mol. The molecule has 32 heavy (non-hydrogen) atoms. The molecule has 3 aromatic rings. The predicted molar refractivity (Wildman–Crippen MR) is 137 cm³/mol. The van der Waals surface area contributed by atoms with Gasteiger partial charge in [-0.25, -0.2) is 0 Å². The second-order valence-corrected chi connectivity index (χ2v) is 8.29. The first-order chi connectivity index (χ1) is 15.4. The lowest BCUT2D eigenvalue weighted by Crippen LogP contribution is -2.34. The van der Waals surface area contributed by atoms with Crippen LogP contribution in [0.5, 0.6) is 11.5 Å². The van der Waals surface area contributed by atoms with E-state index < -0.39 is 0 Å². The fourth-order valence-corrected chi connectivity index (χ4v) is 3.61. The van der Waals surface area contributed by atoms with Gasteiger partial charge in [0.15, 0.2) is 5.11 Å². The summed E-state index contributed by atoms with van der Waals surface area (Å²) < 4.78 is 10.8. The summed E-state index contributed by atoms with van der Waals surface area (Å²) in [6, 6.07) is 22.7. The van der Waals surface area contributed by atoms with Gasteiger partial charge in [-0.3, -0.25) is 0 Å². The number of ether oxygens (including phenoxy) is 2. The zero-order chi connectivity index (χ0) is 23.1. The zero-order valence-corrected chi connectivity index (χ0v) is 20.2. The van der Waals surface area contributed by atoms with Crippen molar-refractivity contribution in [3.05, 3.63) is 83.4 Å². The van der Waals surface area contributed by atoms with E-state index in [-0.39, 0.29) is 0 Å². The second-order valence-electron chi connectivity index (χ2n) is 7.90. The van der Waals surface area contributed by atoms with Crippen molar-refractivity contribution < 1.29 is 9.47 Å². The Morgan fingerprint density at radius 3 is 1.97 bits per heavy atom. The van der Waals surface area contributed by atoms with Gasteiger partial charge in [-0.1, -0.05) is 30.3 Å². The molecule has 0 amide bonds. The van der Waals surface area contributed by atoms with Crippen molar-refractivity contribution in [2.45, 2.75) is 20.0 Å². The zero-order valence-electron chi connectivity index (χ0n) is 19.4. The largest absolute Gasteiger partial charge is 0.497 e. The molecular weight excluding hydrogens is 418 g/mol. The molecule has 0 aliphatic rings. The fourth-order valence-electron chi connectivity index (χ4n) is 3.37. The van der Waals surface area contributed by atoms with E-state index in [0.717, 1.165) is 28.3 Å².